The minimum absolute atomic E-state index is 0.0343. The van der Waals surface area contributed by atoms with Gasteiger partial charge in [-0.15, -0.1) is 0 Å². The Morgan fingerprint density at radius 3 is 2.16 bits per heavy atom. The van der Waals surface area contributed by atoms with Gasteiger partial charge in [0.25, 0.3) is 0 Å². The summed E-state index contributed by atoms with van der Waals surface area (Å²) in [4.78, 5) is 60.8. The summed E-state index contributed by atoms with van der Waals surface area (Å²) in [5.74, 6) is -3.46. The predicted octanol–water partition coefficient (Wildman–Crippen LogP) is -0.541. The van der Waals surface area contributed by atoms with Gasteiger partial charge in [-0.3, -0.25) is 19.2 Å². The van der Waals surface area contributed by atoms with E-state index in [0.29, 0.717) is 6.42 Å². The molecule has 10 heteroatoms. The number of carbonyl (C=O) groups is 5. The Balaban J connectivity index is 1.94. The summed E-state index contributed by atoms with van der Waals surface area (Å²) >= 11 is 0. The van der Waals surface area contributed by atoms with Gasteiger partial charge in [0.2, 0.25) is 17.7 Å². The van der Waals surface area contributed by atoms with Crippen LogP contribution >= 0.6 is 0 Å². The highest BCUT2D eigenvalue weighted by Crippen LogP contribution is 2.11. The Morgan fingerprint density at radius 1 is 0.968 bits per heavy atom. The zero-order chi connectivity index (χ0) is 23.0. The molecule has 1 aliphatic heterocycles. The first-order chi connectivity index (χ1) is 14.7. The number of benzene rings is 1. The van der Waals surface area contributed by atoms with Gasteiger partial charge in [0.15, 0.2) is 0 Å². The lowest BCUT2D eigenvalue weighted by Crippen LogP contribution is -2.63. The highest BCUT2D eigenvalue weighted by molar-refractivity contribution is 5.99. The Morgan fingerprint density at radius 2 is 1.55 bits per heavy atom. The van der Waals surface area contributed by atoms with Crippen molar-refractivity contribution in [3.05, 3.63) is 35.9 Å². The topological polar surface area (TPSA) is 140 Å². The molecule has 0 saturated carbocycles. The van der Waals surface area contributed by atoms with Crippen LogP contribution in [0.2, 0.25) is 0 Å². The summed E-state index contributed by atoms with van der Waals surface area (Å²) in [7, 11) is 2.38. The van der Waals surface area contributed by atoms with E-state index in [-0.39, 0.29) is 12.8 Å². The van der Waals surface area contributed by atoms with Crippen LogP contribution in [0.25, 0.3) is 0 Å². The number of rotatable bonds is 9. The van der Waals surface area contributed by atoms with Crippen LogP contribution < -0.4 is 16.0 Å². The molecule has 1 saturated heterocycles. The number of ether oxygens (including phenoxy) is 2. The van der Waals surface area contributed by atoms with Crippen LogP contribution in [-0.4, -0.2) is 62.0 Å². The van der Waals surface area contributed by atoms with Crippen LogP contribution in [0.3, 0.4) is 0 Å². The Labute approximate surface area is 180 Å². The standard InChI is InChI=1S/C21H27N3O7/c1-12(20(28)30-2)9-16(21(29)31-3)22-17(25)11-15-19(27)23-14(18(26)24-15)10-13-7-5-4-6-8-13/h4-8,12,14-16H,9-11H2,1-3H3,(H,22,25)(H,23,27)(H,24,26)/t12-,14+,15+,16+/m1/s1. The van der Waals surface area contributed by atoms with Crippen LogP contribution in [0.15, 0.2) is 30.3 Å². The van der Waals surface area contributed by atoms with E-state index < -0.39 is 53.7 Å². The predicted molar refractivity (Wildman–Crippen MR) is 108 cm³/mol. The number of piperazine rings is 1. The van der Waals surface area contributed by atoms with Gasteiger partial charge in [-0.1, -0.05) is 37.3 Å². The van der Waals surface area contributed by atoms with E-state index in [0.717, 1.165) is 12.7 Å². The van der Waals surface area contributed by atoms with Gasteiger partial charge in [-0.2, -0.15) is 0 Å². The molecule has 3 amide bonds. The molecule has 0 radical (unpaired) electrons. The number of methoxy groups -OCH3 is 2. The number of hydrogen-bond acceptors (Lipinski definition) is 7. The van der Waals surface area contributed by atoms with Crippen molar-refractivity contribution in [3.8, 4) is 0 Å². The SMILES string of the molecule is COC(=O)[C@H](C)C[C@H](NC(=O)C[C@@H]1NC(=O)[C@H](Cc2ccccc2)NC1=O)C(=O)OC. The van der Waals surface area contributed by atoms with E-state index in [4.69, 9.17) is 0 Å². The first kappa shape index (κ1) is 23.8. The molecule has 1 fully saturated rings. The second kappa shape index (κ2) is 11.1. The van der Waals surface area contributed by atoms with E-state index in [2.05, 4.69) is 25.4 Å². The molecule has 168 valence electrons. The summed E-state index contributed by atoms with van der Waals surface area (Å²) in [6.07, 6.45) is -0.0731. The number of amides is 3. The van der Waals surface area contributed by atoms with Crippen LogP contribution in [0.1, 0.15) is 25.3 Å². The summed E-state index contributed by atoms with van der Waals surface area (Å²) in [6.45, 7) is 1.55. The van der Waals surface area contributed by atoms with E-state index >= 15 is 0 Å². The molecule has 1 aliphatic rings. The maximum Gasteiger partial charge on any atom is 0.328 e. The third-order valence-electron chi connectivity index (χ3n) is 4.95. The molecule has 3 N–H and O–H groups in total. The highest BCUT2D eigenvalue weighted by atomic mass is 16.5. The maximum absolute atomic E-state index is 12.4. The molecule has 1 aromatic carbocycles. The average Bonchev–Trinajstić information content (AvgIpc) is 2.76. The van der Waals surface area contributed by atoms with Crippen molar-refractivity contribution in [1.29, 1.82) is 0 Å². The fourth-order valence-corrected chi connectivity index (χ4v) is 3.26. The van der Waals surface area contributed by atoms with Crippen molar-refractivity contribution in [1.82, 2.24) is 16.0 Å². The minimum Gasteiger partial charge on any atom is -0.469 e. The van der Waals surface area contributed by atoms with Crippen LogP contribution in [0, 0.1) is 5.92 Å². The molecule has 1 heterocycles. The van der Waals surface area contributed by atoms with Gasteiger partial charge in [0.1, 0.15) is 18.1 Å². The molecule has 31 heavy (non-hydrogen) atoms. The number of nitrogens with one attached hydrogen (secondary N) is 3. The molecule has 0 aromatic heterocycles. The molecule has 0 aliphatic carbocycles. The molecular formula is C21H27N3O7. The minimum atomic E-state index is -1.10. The number of hydrogen-bond donors (Lipinski definition) is 3. The van der Waals surface area contributed by atoms with Crippen molar-refractivity contribution in [3.63, 3.8) is 0 Å². The Bertz CT molecular complexity index is 828. The highest BCUT2D eigenvalue weighted by Gasteiger charge is 2.36. The smallest absolute Gasteiger partial charge is 0.328 e. The summed E-state index contributed by atoms with van der Waals surface area (Å²) < 4.78 is 9.30. The first-order valence-corrected chi connectivity index (χ1v) is 9.84. The van der Waals surface area contributed by atoms with Crippen LogP contribution in [-0.2, 0) is 39.9 Å². The molecular weight excluding hydrogens is 406 g/mol. The third kappa shape index (κ3) is 6.80. The first-order valence-electron chi connectivity index (χ1n) is 9.84. The van der Waals surface area contributed by atoms with E-state index in [9.17, 15) is 24.0 Å². The van der Waals surface area contributed by atoms with Gasteiger partial charge >= 0.3 is 11.9 Å². The molecule has 0 unspecified atom stereocenters. The zero-order valence-corrected chi connectivity index (χ0v) is 17.7. The molecule has 2 rings (SSSR count). The summed E-state index contributed by atoms with van der Waals surface area (Å²) in [5, 5.41) is 7.64. The number of carbonyl (C=O) groups excluding carboxylic acids is 5. The van der Waals surface area contributed by atoms with Crippen LogP contribution in [0.4, 0.5) is 0 Å². The van der Waals surface area contributed by atoms with Crippen LogP contribution in [0.5, 0.6) is 0 Å². The van der Waals surface area contributed by atoms with Crippen molar-refractivity contribution < 1.29 is 33.4 Å². The lowest BCUT2D eigenvalue weighted by Gasteiger charge is -2.29. The largest absolute Gasteiger partial charge is 0.469 e. The lowest BCUT2D eigenvalue weighted by molar-refractivity contribution is -0.149. The summed E-state index contributed by atoms with van der Waals surface area (Å²) in [5.41, 5.74) is 0.889. The third-order valence-corrected chi connectivity index (χ3v) is 4.95. The van der Waals surface area contributed by atoms with Crippen molar-refractivity contribution in [2.24, 2.45) is 5.92 Å². The van der Waals surface area contributed by atoms with Gasteiger partial charge in [0, 0.05) is 6.42 Å². The average molecular weight is 433 g/mol. The monoisotopic (exact) mass is 433 g/mol. The van der Waals surface area contributed by atoms with E-state index in [1.807, 2.05) is 30.3 Å². The maximum atomic E-state index is 12.4. The van der Waals surface area contributed by atoms with E-state index in [1.54, 1.807) is 6.92 Å². The quantitative estimate of drug-likeness (QED) is 0.444. The van der Waals surface area contributed by atoms with Crippen molar-refractivity contribution >= 4 is 29.7 Å². The van der Waals surface area contributed by atoms with Crippen molar-refractivity contribution in [2.75, 3.05) is 14.2 Å². The molecule has 4 atom stereocenters. The lowest BCUT2D eigenvalue weighted by atomic mass is 10.00. The van der Waals surface area contributed by atoms with Gasteiger partial charge < -0.3 is 25.4 Å². The fourth-order valence-electron chi connectivity index (χ4n) is 3.26. The fraction of sp³-hybridized carbons (Fsp3) is 0.476. The zero-order valence-electron chi connectivity index (χ0n) is 17.7. The van der Waals surface area contributed by atoms with E-state index in [1.165, 1.54) is 7.11 Å². The Kier molecular flexibility index (Phi) is 8.53. The molecule has 0 bridgehead atoms. The van der Waals surface area contributed by atoms with Gasteiger partial charge in [-0.05, 0) is 12.0 Å². The molecule has 1 aromatic rings. The van der Waals surface area contributed by atoms with Crippen molar-refractivity contribution in [2.45, 2.75) is 44.3 Å². The summed E-state index contributed by atoms with van der Waals surface area (Å²) in [6, 6.07) is 6.31. The second-order valence-corrected chi connectivity index (χ2v) is 7.32. The van der Waals surface area contributed by atoms with Gasteiger partial charge in [-0.25, -0.2) is 4.79 Å². The Hall–Kier alpha value is -3.43. The molecule has 10 nitrogen and oxygen atoms in total. The molecule has 0 spiro atoms. The normalized spacial score (nSPS) is 20.0. The van der Waals surface area contributed by atoms with Gasteiger partial charge in [0.05, 0.1) is 26.6 Å². The number of esters is 2. The second-order valence-electron chi connectivity index (χ2n) is 7.32.